The first-order valence-corrected chi connectivity index (χ1v) is 8.11. The Morgan fingerprint density at radius 2 is 2.00 bits per heavy atom. The van der Waals surface area contributed by atoms with Gasteiger partial charge in [0.05, 0.1) is 13.2 Å². The van der Waals surface area contributed by atoms with E-state index in [4.69, 9.17) is 5.11 Å². The van der Waals surface area contributed by atoms with E-state index in [1.54, 1.807) is 6.20 Å². The van der Waals surface area contributed by atoms with Crippen LogP contribution < -0.4 is 5.32 Å². The molecule has 7 nitrogen and oxygen atoms in total. The highest BCUT2D eigenvalue weighted by molar-refractivity contribution is 7.99. The number of rotatable bonds is 6. The number of hydrogen-bond donors (Lipinski definition) is 2. The van der Waals surface area contributed by atoms with E-state index in [9.17, 15) is 9.59 Å². The summed E-state index contributed by atoms with van der Waals surface area (Å²) in [5, 5.41) is 12.7. The molecule has 3 rings (SSSR count). The lowest BCUT2D eigenvalue weighted by molar-refractivity contribution is -0.137. The number of anilines is 1. The van der Waals surface area contributed by atoms with E-state index < -0.39 is 11.8 Å². The maximum atomic E-state index is 12.1. The number of aromatic nitrogens is 2. The van der Waals surface area contributed by atoms with Crippen molar-refractivity contribution in [1.29, 1.82) is 0 Å². The van der Waals surface area contributed by atoms with Crippen LogP contribution in [0.5, 0.6) is 0 Å². The van der Waals surface area contributed by atoms with Crippen molar-refractivity contribution in [2.45, 2.75) is 10.1 Å². The number of carbonyl (C=O) groups is 2. The van der Waals surface area contributed by atoms with Crippen LogP contribution in [0, 0.1) is 0 Å². The predicted molar refractivity (Wildman–Crippen MR) is 89.3 cm³/mol. The van der Waals surface area contributed by atoms with Gasteiger partial charge in [-0.1, -0.05) is 11.8 Å². The van der Waals surface area contributed by atoms with Gasteiger partial charge in [0.25, 0.3) is 11.8 Å². The number of imide groups is 1. The molecule has 0 saturated carbocycles. The first-order valence-electron chi connectivity index (χ1n) is 7.29. The van der Waals surface area contributed by atoms with E-state index in [1.807, 2.05) is 42.1 Å². The molecule has 1 aliphatic rings. The summed E-state index contributed by atoms with van der Waals surface area (Å²) in [6, 6.07) is 7.49. The fourth-order valence-electron chi connectivity index (χ4n) is 2.23. The van der Waals surface area contributed by atoms with Crippen molar-refractivity contribution in [3.8, 4) is 0 Å². The Hall–Kier alpha value is -2.58. The summed E-state index contributed by atoms with van der Waals surface area (Å²) < 4.78 is 1.93. The van der Waals surface area contributed by atoms with E-state index >= 15 is 0 Å². The van der Waals surface area contributed by atoms with E-state index in [0.717, 1.165) is 15.0 Å². The van der Waals surface area contributed by atoms with Crippen LogP contribution in [0.25, 0.3) is 0 Å². The second kappa shape index (κ2) is 6.90. The molecule has 24 heavy (non-hydrogen) atoms. The van der Waals surface area contributed by atoms with Crippen LogP contribution in [-0.4, -0.2) is 44.5 Å². The van der Waals surface area contributed by atoms with Crippen molar-refractivity contribution in [2.75, 3.05) is 18.5 Å². The number of nitrogens with zero attached hydrogens (tertiary/aromatic N) is 3. The van der Waals surface area contributed by atoms with E-state index in [2.05, 4.69) is 10.3 Å². The van der Waals surface area contributed by atoms with Gasteiger partial charge >= 0.3 is 0 Å². The molecule has 1 aromatic heterocycles. The van der Waals surface area contributed by atoms with Crippen molar-refractivity contribution >= 4 is 29.3 Å². The number of imidazole rings is 1. The minimum absolute atomic E-state index is 0.00140. The van der Waals surface area contributed by atoms with Gasteiger partial charge < -0.3 is 15.0 Å². The molecular weight excluding hydrogens is 328 g/mol. The SMILES string of the molecule is Cn1ccnc1Sc1ccc(NC2=CC(=O)N(CCO)C2=O)cc1. The van der Waals surface area contributed by atoms with Crippen LogP contribution in [0.4, 0.5) is 5.69 Å². The van der Waals surface area contributed by atoms with Crippen LogP contribution in [0.1, 0.15) is 0 Å². The fourth-order valence-corrected chi connectivity index (χ4v) is 3.03. The van der Waals surface area contributed by atoms with Crippen molar-refractivity contribution in [3.63, 3.8) is 0 Å². The lowest BCUT2D eigenvalue weighted by Crippen LogP contribution is -2.34. The monoisotopic (exact) mass is 344 g/mol. The fraction of sp³-hybridized carbons (Fsp3) is 0.188. The molecule has 124 valence electrons. The zero-order chi connectivity index (χ0) is 17.1. The molecule has 2 amide bonds. The molecule has 0 atom stereocenters. The molecule has 0 bridgehead atoms. The van der Waals surface area contributed by atoms with Crippen LogP contribution in [-0.2, 0) is 16.6 Å². The van der Waals surface area contributed by atoms with E-state index in [-0.39, 0.29) is 18.8 Å². The molecule has 0 radical (unpaired) electrons. The van der Waals surface area contributed by atoms with Crippen molar-refractivity contribution < 1.29 is 14.7 Å². The Morgan fingerprint density at radius 3 is 2.62 bits per heavy atom. The zero-order valence-electron chi connectivity index (χ0n) is 13.0. The standard InChI is InChI=1S/C16H16N4O3S/c1-19-7-6-17-16(19)24-12-4-2-11(3-5-12)18-13-10-14(22)20(8-9-21)15(13)23/h2-7,10,18,21H,8-9H2,1H3. The number of hydrogen-bond acceptors (Lipinski definition) is 6. The summed E-state index contributed by atoms with van der Waals surface area (Å²) in [5.74, 6) is -0.848. The largest absolute Gasteiger partial charge is 0.395 e. The first kappa shape index (κ1) is 16.3. The Labute approximate surface area is 143 Å². The quantitative estimate of drug-likeness (QED) is 0.767. The topological polar surface area (TPSA) is 87.5 Å². The van der Waals surface area contributed by atoms with Crippen LogP contribution in [0.15, 0.2) is 58.5 Å². The number of β-amino-alcohol motifs (C(OH)–C–C–N with tert-alkyl or cyclic N) is 1. The second-order valence-corrected chi connectivity index (χ2v) is 6.19. The van der Waals surface area contributed by atoms with E-state index in [1.165, 1.54) is 17.8 Å². The Bertz CT molecular complexity index is 798. The number of aryl methyl sites for hydroxylation is 1. The van der Waals surface area contributed by atoms with Gasteiger partial charge in [0, 0.05) is 36.1 Å². The van der Waals surface area contributed by atoms with Crippen LogP contribution in [0.3, 0.4) is 0 Å². The molecule has 0 fully saturated rings. The average molecular weight is 344 g/mol. The smallest absolute Gasteiger partial charge is 0.277 e. The second-order valence-electron chi connectivity index (χ2n) is 5.15. The molecule has 8 heteroatoms. The molecule has 1 aromatic carbocycles. The Kier molecular flexibility index (Phi) is 4.68. The summed E-state index contributed by atoms with van der Waals surface area (Å²) in [5.41, 5.74) is 0.912. The van der Waals surface area contributed by atoms with Gasteiger partial charge in [-0.15, -0.1) is 0 Å². The summed E-state index contributed by atoms with van der Waals surface area (Å²) in [7, 11) is 1.93. The zero-order valence-corrected chi connectivity index (χ0v) is 13.8. The molecule has 0 saturated heterocycles. The molecule has 0 aliphatic carbocycles. The summed E-state index contributed by atoms with van der Waals surface area (Å²) in [6.45, 7) is -0.254. The number of aliphatic hydroxyl groups excluding tert-OH is 1. The molecule has 2 aromatic rings. The minimum Gasteiger partial charge on any atom is -0.395 e. The van der Waals surface area contributed by atoms with Gasteiger partial charge in [-0.3, -0.25) is 14.5 Å². The molecule has 2 N–H and O–H groups in total. The normalized spacial score (nSPS) is 14.2. The molecule has 0 unspecified atom stereocenters. The number of benzene rings is 1. The highest BCUT2D eigenvalue weighted by atomic mass is 32.2. The van der Waals surface area contributed by atoms with Gasteiger partial charge in [0.2, 0.25) is 0 Å². The van der Waals surface area contributed by atoms with Crippen LogP contribution in [0.2, 0.25) is 0 Å². The van der Waals surface area contributed by atoms with Gasteiger partial charge in [0.1, 0.15) is 5.70 Å². The maximum Gasteiger partial charge on any atom is 0.277 e. The summed E-state index contributed by atoms with van der Waals surface area (Å²) >= 11 is 1.53. The lowest BCUT2D eigenvalue weighted by atomic mass is 10.3. The van der Waals surface area contributed by atoms with Crippen molar-refractivity contribution in [3.05, 3.63) is 48.4 Å². The molecule has 1 aliphatic heterocycles. The van der Waals surface area contributed by atoms with Crippen LogP contribution >= 0.6 is 11.8 Å². The van der Waals surface area contributed by atoms with Gasteiger partial charge in [-0.2, -0.15) is 0 Å². The Balaban J connectivity index is 1.67. The first-order chi connectivity index (χ1) is 11.6. The maximum absolute atomic E-state index is 12.1. The lowest BCUT2D eigenvalue weighted by Gasteiger charge is -2.13. The third kappa shape index (κ3) is 3.34. The van der Waals surface area contributed by atoms with Gasteiger partial charge in [-0.25, -0.2) is 4.98 Å². The van der Waals surface area contributed by atoms with Gasteiger partial charge in [0.15, 0.2) is 5.16 Å². The van der Waals surface area contributed by atoms with Crippen molar-refractivity contribution in [2.24, 2.45) is 7.05 Å². The number of amides is 2. The molecule has 0 spiro atoms. The number of nitrogens with one attached hydrogen (secondary N) is 1. The predicted octanol–water partition coefficient (Wildman–Crippen LogP) is 1.23. The number of aliphatic hydroxyl groups is 1. The average Bonchev–Trinajstić information content (AvgIpc) is 3.08. The molecular formula is C16H16N4O3S. The number of carbonyl (C=O) groups excluding carboxylic acids is 2. The van der Waals surface area contributed by atoms with E-state index in [0.29, 0.717) is 5.69 Å². The molecule has 2 heterocycles. The van der Waals surface area contributed by atoms with Crippen molar-refractivity contribution in [1.82, 2.24) is 14.5 Å². The highest BCUT2D eigenvalue weighted by Gasteiger charge is 2.30. The third-order valence-electron chi connectivity index (χ3n) is 3.45. The Morgan fingerprint density at radius 1 is 1.25 bits per heavy atom. The minimum atomic E-state index is -0.430. The third-order valence-corrected chi connectivity index (χ3v) is 4.54. The highest BCUT2D eigenvalue weighted by Crippen LogP contribution is 2.27. The summed E-state index contributed by atoms with van der Waals surface area (Å²) in [4.78, 5) is 30.1. The summed E-state index contributed by atoms with van der Waals surface area (Å²) in [6.07, 6.45) is 4.87. The van der Waals surface area contributed by atoms with Gasteiger partial charge in [-0.05, 0) is 24.3 Å².